The van der Waals surface area contributed by atoms with Crippen LogP contribution in [-0.4, -0.2) is 50.6 Å². The lowest BCUT2D eigenvalue weighted by atomic mass is 9.88. The maximum Gasteiger partial charge on any atom is 0.338 e. The molecule has 35 heavy (non-hydrogen) atoms. The molecule has 178 valence electrons. The van der Waals surface area contributed by atoms with Crippen LogP contribution in [0.2, 0.25) is 0 Å². The number of carbonyl (C=O) groups is 3. The van der Waals surface area contributed by atoms with E-state index in [-0.39, 0.29) is 16.4 Å². The van der Waals surface area contributed by atoms with Gasteiger partial charge < -0.3 is 15.2 Å². The van der Waals surface area contributed by atoms with Crippen molar-refractivity contribution in [2.75, 3.05) is 17.8 Å². The molecule has 0 atom stereocenters. The molecule has 3 aliphatic rings. The first kappa shape index (κ1) is 23.6. The smallest absolute Gasteiger partial charge is 0.338 e. The van der Waals surface area contributed by atoms with Crippen LogP contribution in [0.1, 0.15) is 35.3 Å². The van der Waals surface area contributed by atoms with Crippen molar-refractivity contribution in [3.8, 4) is 5.75 Å². The first-order valence-corrected chi connectivity index (χ1v) is 12.7. The number of amides is 2. The van der Waals surface area contributed by atoms with Gasteiger partial charge in [0.25, 0.3) is 11.8 Å². The third-order valence-corrected chi connectivity index (χ3v) is 8.18. The average molecular weight is 526 g/mol. The Hall–Kier alpha value is -3.15. The van der Waals surface area contributed by atoms with E-state index in [1.54, 1.807) is 30.3 Å². The van der Waals surface area contributed by atoms with Gasteiger partial charge in [-0.05, 0) is 43.7 Å². The number of ether oxygens (including phenoxy) is 1. The lowest BCUT2D eigenvalue weighted by Gasteiger charge is -2.39. The van der Waals surface area contributed by atoms with E-state index >= 15 is 0 Å². The largest absolute Gasteiger partial charge is 0.497 e. The summed E-state index contributed by atoms with van der Waals surface area (Å²) in [5.74, 6) is -0.746. The highest BCUT2D eigenvalue weighted by Gasteiger charge is 2.48. The molecule has 1 aromatic heterocycles. The number of rotatable bonds is 5. The fourth-order valence-corrected chi connectivity index (χ4v) is 6.57. The zero-order valence-corrected chi connectivity index (χ0v) is 21.3. The summed E-state index contributed by atoms with van der Waals surface area (Å²) in [6.07, 6.45) is 3.55. The normalized spacial score (nSPS) is 20.0. The van der Waals surface area contributed by atoms with Crippen molar-refractivity contribution in [2.24, 2.45) is 0 Å². The Balaban J connectivity index is 1.65. The Kier molecular flexibility index (Phi) is 5.73. The molecule has 2 aromatic rings. The maximum atomic E-state index is 13.7. The highest BCUT2D eigenvalue weighted by atomic mass is 32.2. The van der Waals surface area contributed by atoms with E-state index in [2.05, 4.69) is 10.3 Å². The number of hydrogen-bond donors (Lipinski definition) is 2. The topological polar surface area (TPSA) is 109 Å². The fourth-order valence-electron chi connectivity index (χ4n) is 4.48. The lowest BCUT2D eigenvalue weighted by molar-refractivity contribution is -0.116. The van der Waals surface area contributed by atoms with Gasteiger partial charge in [-0.1, -0.05) is 30.1 Å². The van der Waals surface area contributed by atoms with Crippen LogP contribution in [0, 0.1) is 0 Å². The van der Waals surface area contributed by atoms with E-state index in [1.165, 1.54) is 17.8 Å². The second-order valence-electron chi connectivity index (χ2n) is 8.53. The number of thioether (sulfide) groups is 2. The molecule has 2 amide bonds. The molecule has 1 saturated heterocycles. The van der Waals surface area contributed by atoms with Gasteiger partial charge in [0.05, 0.1) is 34.4 Å². The van der Waals surface area contributed by atoms with Gasteiger partial charge in [0.1, 0.15) is 15.1 Å². The number of carbonyl (C=O) groups excluding carboxylic acids is 2. The second-order valence-corrected chi connectivity index (χ2v) is 11.2. The first-order valence-electron chi connectivity index (χ1n) is 10.5. The van der Waals surface area contributed by atoms with E-state index in [1.807, 2.05) is 26.0 Å². The summed E-state index contributed by atoms with van der Waals surface area (Å²) in [7, 11) is 1.54. The van der Waals surface area contributed by atoms with Crippen molar-refractivity contribution in [1.29, 1.82) is 0 Å². The van der Waals surface area contributed by atoms with Crippen molar-refractivity contribution in [3.05, 3.63) is 58.1 Å². The molecule has 11 heteroatoms. The minimum atomic E-state index is -1.04. The molecule has 3 aliphatic heterocycles. The molecular formula is C24H19N3O5S3. The second kappa shape index (κ2) is 8.51. The zero-order valence-electron chi connectivity index (χ0n) is 18.9. The Bertz CT molecular complexity index is 1410. The van der Waals surface area contributed by atoms with Crippen LogP contribution in [-0.2, 0) is 9.59 Å². The van der Waals surface area contributed by atoms with Crippen molar-refractivity contribution in [1.82, 2.24) is 10.3 Å². The highest BCUT2D eigenvalue weighted by molar-refractivity contribution is 8.27. The zero-order chi connectivity index (χ0) is 25.1. The number of nitrogens with zero attached hydrogens (tertiary/aromatic N) is 2. The van der Waals surface area contributed by atoms with Gasteiger partial charge in [-0.15, -0.1) is 11.8 Å². The van der Waals surface area contributed by atoms with Crippen LogP contribution in [0.15, 0.2) is 46.5 Å². The number of pyridine rings is 1. The molecular weight excluding hydrogens is 506 g/mol. The van der Waals surface area contributed by atoms with E-state index in [0.717, 1.165) is 22.9 Å². The van der Waals surface area contributed by atoms with E-state index in [4.69, 9.17) is 17.0 Å². The van der Waals surface area contributed by atoms with Gasteiger partial charge in [0, 0.05) is 23.1 Å². The van der Waals surface area contributed by atoms with Crippen LogP contribution in [0.3, 0.4) is 0 Å². The molecule has 0 spiro atoms. The summed E-state index contributed by atoms with van der Waals surface area (Å²) in [4.78, 5) is 44.2. The minimum absolute atomic E-state index is 0.133. The molecule has 1 aromatic carbocycles. The number of carboxylic acids is 1. The summed E-state index contributed by atoms with van der Waals surface area (Å²) in [6.45, 7) is 3.85. The summed E-state index contributed by atoms with van der Waals surface area (Å²) < 4.78 is 5.85. The van der Waals surface area contributed by atoms with E-state index in [0.29, 0.717) is 37.7 Å². The molecule has 0 unspecified atom stereocenters. The maximum absolute atomic E-state index is 13.7. The number of hydrogen-bond acceptors (Lipinski definition) is 8. The van der Waals surface area contributed by atoms with Gasteiger partial charge in [0.15, 0.2) is 0 Å². The quantitative estimate of drug-likeness (QED) is 0.341. The van der Waals surface area contributed by atoms with Crippen molar-refractivity contribution >= 4 is 74.7 Å². The summed E-state index contributed by atoms with van der Waals surface area (Å²) >= 11 is 7.54. The Morgan fingerprint density at radius 2 is 2.06 bits per heavy atom. The molecule has 0 aliphatic carbocycles. The predicted molar refractivity (Wildman–Crippen MR) is 140 cm³/mol. The van der Waals surface area contributed by atoms with Crippen LogP contribution < -0.4 is 15.0 Å². The molecule has 8 nitrogen and oxygen atoms in total. The highest BCUT2D eigenvalue weighted by Crippen LogP contribution is 2.53. The van der Waals surface area contributed by atoms with Crippen LogP contribution >= 0.6 is 35.7 Å². The average Bonchev–Trinajstić information content (AvgIpc) is 3.30. The molecule has 4 heterocycles. The lowest BCUT2D eigenvalue weighted by Crippen LogP contribution is -2.46. The number of thiocarbonyl (C=S) groups is 1. The Labute approximate surface area is 214 Å². The van der Waals surface area contributed by atoms with E-state index < -0.39 is 17.4 Å². The van der Waals surface area contributed by atoms with E-state index in [9.17, 15) is 19.5 Å². The Morgan fingerprint density at radius 3 is 2.71 bits per heavy atom. The van der Waals surface area contributed by atoms with Crippen molar-refractivity contribution in [2.45, 2.75) is 24.4 Å². The number of nitrogens with one attached hydrogen (secondary N) is 1. The summed E-state index contributed by atoms with van der Waals surface area (Å²) in [5, 5.41) is 12.5. The van der Waals surface area contributed by atoms with Gasteiger partial charge in [-0.2, -0.15) is 0 Å². The van der Waals surface area contributed by atoms with Crippen molar-refractivity contribution < 1.29 is 24.2 Å². The van der Waals surface area contributed by atoms with Gasteiger partial charge in [-0.3, -0.25) is 14.5 Å². The molecule has 0 radical (unpaired) electrons. The number of carboxylic acid groups (broad SMARTS) is 1. The third kappa shape index (κ3) is 3.83. The fraction of sp³-hybridized carbons (Fsp3) is 0.208. The minimum Gasteiger partial charge on any atom is -0.497 e. The Morgan fingerprint density at radius 1 is 1.31 bits per heavy atom. The molecule has 5 rings (SSSR count). The van der Waals surface area contributed by atoms with Crippen LogP contribution in [0.4, 0.5) is 5.69 Å². The summed E-state index contributed by atoms with van der Waals surface area (Å²) in [6, 6.07) is 6.74. The van der Waals surface area contributed by atoms with Crippen LogP contribution in [0.25, 0.3) is 11.1 Å². The number of aromatic carboxylic acids is 1. The number of benzene rings is 1. The SMILES string of the molecule is COc1cc2c3c(c1)C(=C1SC(=S)NC1=O)C(=O)N3C(C)(C)C=C2CSc1ncccc1C(=O)O. The number of anilines is 1. The predicted octanol–water partition coefficient (Wildman–Crippen LogP) is 3.96. The molecule has 2 N–H and O–H groups in total. The number of aromatic nitrogens is 1. The molecule has 0 saturated carbocycles. The van der Waals surface area contributed by atoms with Gasteiger partial charge >= 0.3 is 5.97 Å². The van der Waals surface area contributed by atoms with Crippen LogP contribution in [0.5, 0.6) is 5.75 Å². The first-order chi connectivity index (χ1) is 16.6. The third-order valence-electron chi connectivity index (χ3n) is 5.89. The molecule has 1 fully saturated rings. The van der Waals surface area contributed by atoms with Crippen molar-refractivity contribution in [3.63, 3.8) is 0 Å². The summed E-state index contributed by atoms with van der Waals surface area (Å²) in [5.41, 5.74) is 2.74. The van der Waals surface area contributed by atoms with Gasteiger partial charge in [-0.25, -0.2) is 9.78 Å². The number of methoxy groups -OCH3 is 1. The standard InChI is InChI=1S/C24H19N3O5S3/c1-24(2)9-11(10-34-20-13(22(30)31)5-4-6-25-20)14-7-12(32-3)8-15-16(21(29)27(24)17(14)15)18-19(28)26-23(33)35-18/h4-9H,10H2,1-3H3,(H,30,31)(H,26,28,33). The molecule has 0 bridgehead atoms. The van der Waals surface area contributed by atoms with Gasteiger partial charge in [0.2, 0.25) is 0 Å². The monoisotopic (exact) mass is 525 g/mol.